The van der Waals surface area contributed by atoms with E-state index in [4.69, 9.17) is 29.3 Å². The van der Waals surface area contributed by atoms with E-state index in [0.29, 0.717) is 12.5 Å². The lowest BCUT2D eigenvalue weighted by atomic mass is 9.77. The number of pyridine rings is 1. The smallest absolute Gasteiger partial charge is 0.476 e. The first-order chi connectivity index (χ1) is 17.7. The van der Waals surface area contributed by atoms with Gasteiger partial charge in [0.25, 0.3) is 0 Å². The van der Waals surface area contributed by atoms with E-state index in [9.17, 15) is 30.7 Å². The van der Waals surface area contributed by atoms with Gasteiger partial charge in [0.1, 0.15) is 0 Å². The van der Waals surface area contributed by atoms with Gasteiger partial charge in [-0.15, -0.1) is 0 Å². The van der Waals surface area contributed by atoms with E-state index in [1.165, 1.54) is 25.3 Å². The van der Waals surface area contributed by atoms with Crippen LogP contribution in [0, 0.1) is 11.7 Å². The predicted octanol–water partition coefficient (Wildman–Crippen LogP) is 4.68. The highest BCUT2D eigenvalue weighted by atomic mass is 19.4. The van der Waals surface area contributed by atoms with Crippen molar-refractivity contribution in [3.63, 3.8) is 0 Å². The Bertz CT molecular complexity index is 892. The zero-order valence-electron chi connectivity index (χ0n) is 20.2. The summed E-state index contributed by atoms with van der Waals surface area (Å²) in [4.78, 5) is 24.4. The van der Waals surface area contributed by atoms with E-state index in [0.717, 1.165) is 51.4 Å². The standard InChI is InChI=1S/C19H27FN2O2.2C2HF3O2/c20-17-5-2-10-21-18(17)23-13-6-15-7-14-24-19(15)8-11-22(12-9-19)16-3-1-4-16;2*3-2(4,5)1(6)7/h2,5,10,15-16H,1,3-4,6-9,11-14H2;2*(H,6,7). The lowest BCUT2D eigenvalue weighted by Crippen LogP contribution is -2.52. The number of carbonyl (C=O) groups is 2. The lowest BCUT2D eigenvalue weighted by molar-refractivity contribution is -0.193. The third-order valence-electron chi connectivity index (χ3n) is 6.75. The van der Waals surface area contributed by atoms with Crippen LogP contribution in [0.15, 0.2) is 18.3 Å². The number of aromatic nitrogens is 1. The van der Waals surface area contributed by atoms with Gasteiger partial charge >= 0.3 is 24.3 Å². The van der Waals surface area contributed by atoms with E-state index in [1.54, 1.807) is 12.3 Å². The number of aliphatic carboxylic acids is 2. The molecule has 2 saturated heterocycles. The molecule has 1 unspecified atom stereocenters. The van der Waals surface area contributed by atoms with Gasteiger partial charge in [-0.3, -0.25) is 0 Å². The summed E-state index contributed by atoms with van der Waals surface area (Å²) in [5.74, 6) is -5.26. The number of hydrogen-bond acceptors (Lipinski definition) is 6. The number of rotatable bonds is 5. The van der Waals surface area contributed by atoms with Crippen LogP contribution in [0.25, 0.3) is 0 Å². The van der Waals surface area contributed by atoms with Crippen molar-refractivity contribution < 1.29 is 60.0 Å². The monoisotopic (exact) mass is 562 g/mol. The molecule has 4 rings (SSSR count). The number of halogens is 7. The second-order valence-corrected chi connectivity index (χ2v) is 9.05. The molecular formula is C23H29F7N2O6. The number of ether oxygens (including phenoxy) is 2. The Labute approximate surface area is 213 Å². The van der Waals surface area contributed by atoms with Crippen molar-refractivity contribution in [2.45, 2.75) is 68.9 Å². The van der Waals surface area contributed by atoms with Crippen LogP contribution in [0.1, 0.15) is 44.9 Å². The molecule has 1 saturated carbocycles. The molecule has 216 valence electrons. The molecule has 3 heterocycles. The Hall–Kier alpha value is -2.68. The summed E-state index contributed by atoms with van der Waals surface area (Å²) in [5.41, 5.74) is 0.0340. The summed E-state index contributed by atoms with van der Waals surface area (Å²) in [7, 11) is 0. The number of carboxylic acid groups (broad SMARTS) is 2. The summed E-state index contributed by atoms with van der Waals surface area (Å²) in [5, 5.41) is 14.2. The first-order valence-corrected chi connectivity index (χ1v) is 11.9. The van der Waals surface area contributed by atoms with Gasteiger partial charge in [-0.1, -0.05) is 6.42 Å². The normalized spacial score (nSPS) is 21.4. The molecule has 1 aromatic rings. The van der Waals surface area contributed by atoms with Gasteiger partial charge in [0.15, 0.2) is 5.82 Å². The van der Waals surface area contributed by atoms with Crippen LogP contribution in [0.4, 0.5) is 30.7 Å². The minimum atomic E-state index is -5.08. The number of carboxylic acids is 2. The summed E-state index contributed by atoms with van der Waals surface area (Å²) in [6.07, 6.45) is -0.182. The molecule has 2 N–H and O–H groups in total. The van der Waals surface area contributed by atoms with Gasteiger partial charge in [-0.25, -0.2) is 19.0 Å². The third-order valence-corrected chi connectivity index (χ3v) is 6.75. The molecule has 0 amide bonds. The topological polar surface area (TPSA) is 109 Å². The minimum absolute atomic E-state index is 0.0340. The SMILES string of the molecule is Fc1cccnc1OCCC1CCOC12CCN(C1CCC1)CC2.O=C(O)C(F)(F)F.O=C(O)C(F)(F)F. The van der Waals surface area contributed by atoms with Crippen molar-refractivity contribution in [1.29, 1.82) is 0 Å². The fourth-order valence-electron chi connectivity index (χ4n) is 4.54. The van der Waals surface area contributed by atoms with Crippen molar-refractivity contribution in [3.8, 4) is 5.88 Å². The van der Waals surface area contributed by atoms with Gasteiger partial charge < -0.3 is 24.6 Å². The van der Waals surface area contributed by atoms with E-state index in [2.05, 4.69) is 9.88 Å². The van der Waals surface area contributed by atoms with Gasteiger partial charge in [0, 0.05) is 31.9 Å². The van der Waals surface area contributed by atoms with E-state index < -0.39 is 24.3 Å². The lowest BCUT2D eigenvalue weighted by Gasteiger charge is -2.47. The molecule has 0 bridgehead atoms. The molecular weight excluding hydrogens is 533 g/mol. The van der Waals surface area contributed by atoms with Crippen LogP contribution in [-0.4, -0.2) is 82.3 Å². The maximum absolute atomic E-state index is 13.6. The molecule has 15 heteroatoms. The minimum Gasteiger partial charge on any atom is -0.476 e. The average Bonchev–Trinajstić information content (AvgIpc) is 3.17. The van der Waals surface area contributed by atoms with E-state index in [1.807, 2.05) is 0 Å². The molecule has 38 heavy (non-hydrogen) atoms. The maximum Gasteiger partial charge on any atom is 0.490 e. The molecule has 1 spiro atoms. The number of likely N-dealkylation sites (tertiary alicyclic amines) is 1. The summed E-state index contributed by atoms with van der Waals surface area (Å²) < 4.78 is 88.8. The molecule has 2 aliphatic heterocycles. The fourth-order valence-corrected chi connectivity index (χ4v) is 4.54. The van der Waals surface area contributed by atoms with Crippen LogP contribution >= 0.6 is 0 Å². The van der Waals surface area contributed by atoms with Gasteiger partial charge in [-0.2, -0.15) is 26.3 Å². The molecule has 3 fully saturated rings. The van der Waals surface area contributed by atoms with Crippen molar-refractivity contribution in [2.24, 2.45) is 5.92 Å². The van der Waals surface area contributed by atoms with Crippen molar-refractivity contribution >= 4 is 11.9 Å². The number of alkyl halides is 6. The summed E-state index contributed by atoms with van der Waals surface area (Å²) in [6.45, 7) is 3.69. The number of piperidine rings is 1. The molecule has 0 radical (unpaired) electrons. The highest BCUT2D eigenvalue weighted by molar-refractivity contribution is 5.73. The number of hydrogen-bond donors (Lipinski definition) is 2. The molecule has 8 nitrogen and oxygen atoms in total. The fraction of sp³-hybridized carbons (Fsp3) is 0.696. The van der Waals surface area contributed by atoms with Gasteiger partial charge in [-0.05, 0) is 56.6 Å². The predicted molar refractivity (Wildman–Crippen MR) is 117 cm³/mol. The zero-order valence-corrected chi connectivity index (χ0v) is 20.2. The summed E-state index contributed by atoms with van der Waals surface area (Å²) >= 11 is 0. The van der Waals surface area contributed by atoms with E-state index >= 15 is 0 Å². The average molecular weight is 562 g/mol. The van der Waals surface area contributed by atoms with Crippen LogP contribution in [0.5, 0.6) is 5.88 Å². The Morgan fingerprint density at radius 2 is 1.61 bits per heavy atom. The van der Waals surface area contributed by atoms with Crippen LogP contribution in [-0.2, 0) is 14.3 Å². The summed E-state index contributed by atoms with van der Waals surface area (Å²) in [6, 6.07) is 3.80. The zero-order chi connectivity index (χ0) is 28.6. The van der Waals surface area contributed by atoms with Gasteiger partial charge in [0.05, 0.1) is 12.2 Å². The molecule has 1 atom stereocenters. The Morgan fingerprint density at radius 3 is 2.05 bits per heavy atom. The second-order valence-electron chi connectivity index (χ2n) is 9.05. The highest BCUT2D eigenvalue weighted by Gasteiger charge is 2.47. The van der Waals surface area contributed by atoms with Crippen molar-refractivity contribution in [2.75, 3.05) is 26.3 Å². The molecule has 1 aliphatic carbocycles. The number of nitrogens with zero attached hydrogens (tertiary/aromatic N) is 2. The maximum atomic E-state index is 13.6. The van der Waals surface area contributed by atoms with E-state index in [-0.39, 0.29) is 17.3 Å². The molecule has 1 aromatic heterocycles. The quantitative estimate of drug-likeness (QED) is 0.498. The first-order valence-electron chi connectivity index (χ1n) is 11.9. The van der Waals surface area contributed by atoms with Gasteiger partial charge in [0.2, 0.25) is 5.88 Å². The highest BCUT2D eigenvalue weighted by Crippen LogP contribution is 2.43. The Balaban J connectivity index is 0.000000301. The Morgan fingerprint density at radius 1 is 1.05 bits per heavy atom. The van der Waals surface area contributed by atoms with Crippen LogP contribution < -0.4 is 4.74 Å². The van der Waals surface area contributed by atoms with Crippen LogP contribution in [0.2, 0.25) is 0 Å². The third kappa shape index (κ3) is 9.26. The second kappa shape index (κ2) is 13.4. The largest absolute Gasteiger partial charge is 0.490 e. The molecule has 0 aromatic carbocycles. The van der Waals surface area contributed by atoms with Crippen molar-refractivity contribution in [1.82, 2.24) is 9.88 Å². The van der Waals surface area contributed by atoms with Crippen molar-refractivity contribution in [3.05, 3.63) is 24.1 Å². The first kappa shape index (κ1) is 31.5. The molecule has 3 aliphatic rings. The van der Waals surface area contributed by atoms with Crippen LogP contribution in [0.3, 0.4) is 0 Å². The Kier molecular flexibility index (Phi) is 11.1.